The summed E-state index contributed by atoms with van der Waals surface area (Å²) in [6.07, 6.45) is 0. The van der Waals surface area contributed by atoms with Crippen molar-refractivity contribution in [2.45, 2.75) is 19.4 Å². The number of rotatable bonds is 2. The van der Waals surface area contributed by atoms with E-state index in [4.69, 9.17) is 4.11 Å². The molecule has 0 radical (unpaired) electrons. The van der Waals surface area contributed by atoms with Crippen molar-refractivity contribution in [2.24, 2.45) is 0 Å². The van der Waals surface area contributed by atoms with Gasteiger partial charge in [-0.15, -0.1) is 0 Å². The van der Waals surface area contributed by atoms with Gasteiger partial charge in [-0.25, -0.2) is 0 Å². The molecule has 0 saturated carbocycles. The second-order valence-electron chi connectivity index (χ2n) is 1.63. The van der Waals surface area contributed by atoms with E-state index in [1.807, 2.05) is 0 Å². The molecular weight excluding hydrogens is 172 g/mol. The zero-order valence-corrected chi connectivity index (χ0v) is 6.03. The number of ketones is 1. The highest BCUT2D eigenvalue weighted by Gasteiger charge is 2.21. The van der Waals surface area contributed by atoms with E-state index in [2.05, 4.69) is 15.9 Å². The molecule has 48 valence electrons. The van der Waals surface area contributed by atoms with E-state index in [0.29, 0.717) is 0 Å². The van der Waals surface area contributed by atoms with Gasteiger partial charge >= 0.3 is 0 Å². The summed E-state index contributed by atoms with van der Waals surface area (Å²) in [6.45, 7) is -1.67. The van der Waals surface area contributed by atoms with Gasteiger partial charge in [0.15, 0.2) is 5.78 Å². The van der Waals surface area contributed by atoms with Crippen molar-refractivity contribution in [3.05, 3.63) is 0 Å². The predicted molar refractivity (Wildman–Crippen MR) is 35.1 cm³/mol. The van der Waals surface area contributed by atoms with Crippen LogP contribution in [0.2, 0.25) is 0 Å². The average Bonchev–Trinajstić information content (AvgIpc) is 1.83. The highest BCUT2D eigenvalue weighted by atomic mass is 79.9. The first-order chi connectivity index (χ1) is 4.73. The highest BCUT2D eigenvalue weighted by molar-refractivity contribution is 9.09. The largest absolute Gasteiger partial charge is 0.383 e. The predicted octanol–water partition coefficient (Wildman–Crippen LogP) is 0.721. The molecule has 0 aromatic heterocycles. The summed E-state index contributed by atoms with van der Waals surface area (Å²) in [5, 5.41) is 9.02. The minimum Gasteiger partial charge on any atom is -0.383 e. The van der Waals surface area contributed by atoms with Crippen LogP contribution in [0.5, 0.6) is 0 Å². The third-order valence-corrected chi connectivity index (χ3v) is 1.17. The summed E-state index contributed by atoms with van der Waals surface area (Å²) >= 11 is 2.78. The fourth-order valence-electron chi connectivity index (χ4n) is 0.130. The number of halogens is 1. The van der Waals surface area contributed by atoms with Gasteiger partial charge in [0.25, 0.3) is 0 Å². The summed E-state index contributed by atoms with van der Waals surface area (Å²) in [4.78, 5) is 10.8. The first-order valence-corrected chi connectivity index (χ1v) is 3.17. The molecule has 1 unspecified atom stereocenters. The Labute approximate surface area is 61.2 Å². The molecule has 0 heterocycles. The Hall–Kier alpha value is 0.110. The molecule has 2 nitrogen and oxygen atoms in total. The topological polar surface area (TPSA) is 37.3 Å². The normalized spacial score (nSPS) is 24.6. The molecule has 1 N–H and O–H groups in total. The van der Waals surface area contributed by atoms with Crippen LogP contribution in [0.1, 0.15) is 17.9 Å². The molecule has 0 amide bonds. The Morgan fingerprint density at radius 3 is 2.75 bits per heavy atom. The monoisotopic (exact) mass is 183 g/mol. The zero-order valence-electron chi connectivity index (χ0n) is 7.44. The van der Waals surface area contributed by atoms with E-state index in [-0.39, 0.29) is 5.33 Å². The van der Waals surface area contributed by atoms with Crippen molar-refractivity contribution >= 4 is 21.7 Å². The van der Waals surface area contributed by atoms with Crippen LogP contribution in [0.25, 0.3) is 0 Å². The van der Waals surface area contributed by atoms with Crippen LogP contribution in [0.4, 0.5) is 0 Å². The molecule has 0 aliphatic rings. The summed E-state index contributed by atoms with van der Waals surface area (Å²) in [5.41, 5.74) is -2.24. The third kappa shape index (κ3) is 2.43. The standard InChI is InChI=1S/C5H9BrO2/c1-5(2,8)4(7)3-6/h8H,3H2,1-2H3/i1D3. The molecule has 8 heavy (non-hydrogen) atoms. The van der Waals surface area contributed by atoms with E-state index < -0.39 is 18.2 Å². The van der Waals surface area contributed by atoms with Crippen LogP contribution >= 0.6 is 15.9 Å². The molecule has 0 spiro atoms. The van der Waals surface area contributed by atoms with Crippen LogP contribution in [0.3, 0.4) is 0 Å². The lowest BCUT2D eigenvalue weighted by Gasteiger charge is -2.12. The van der Waals surface area contributed by atoms with Crippen molar-refractivity contribution in [2.75, 3.05) is 5.33 Å². The molecule has 0 rings (SSSR count). The lowest BCUT2D eigenvalue weighted by atomic mass is 10.1. The van der Waals surface area contributed by atoms with Crippen LogP contribution in [-0.2, 0) is 4.79 Å². The van der Waals surface area contributed by atoms with E-state index in [1.165, 1.54) is 0 Å². The first kappa shape index (κ1) is 4.01. The molecule has 0 aliphatic heterocycles. The summed E-state index contributed by atoms with van der Waals surface area (Å²) in [7, 11) is 0. The van der Waals surface area contributed by atoms with Gasteiger partial charge in [0, 0.05) is 4.11 Å². The molecule has 0 aromatic carbocycles. The van der Waals surface area contributed by atoms with Crippen LogP contribution in [0, 0.1) is 0 Å². The van der Waals surface area contributed by atoms with Gasteiger partial charge in [-0.1, -0.05) is 15.9 Å². The van der Waals surface area contributed by atoms with E-state index in [1.54, 1.807) is 0 Å². The van der Waals surface area contributed by atoms with Crippen LogP contribution in [-0.4, -0.2) is 21.8 Å². The Bertz CT molecular complexity index is 164. The van der Waals surface area contributed by atoms with E-state index in [0.717, 1.165) is 6.92 Å². The number of carbonyl (C=O) groups excluding carboxylic acids is 1. The van der Waals surface area contributed by atoms with Crippen molar-refractivity contribution in [3.8, 4) is 0 Å². The maximum absolute atomic E-state index is 10.8. The third-order valence-electron chi connectivity index (χ3n) is 0.664. The van der Waals surface area contributed by atoms with E-state index in [9.17, 15) is 9.90 Å². The van der Waals surface area contributed by atoms with Crippen molar-refractivity contribution in [3.63, 3.8) is 0 Å². The van der Waals surface area contributed by atoms with Crippen LogP contribution in [0.15, 0.2) is 0 Å². The van der Waals surface area contributed by atoms with Gasteiger partial charge in [0.1, 0.15) is 5.60 Å². The zero-order chi connectivity index (χ0) is 9.28. The van der Waals surface area contributed by atoms with Crippen molar-refractivity contribution in [1.82, 2.24) is 0 Å². The fraction of sp³-hybridized carbons (Fsp3) is 0.800. The molecular formula is C5H9BrO2. The number of hydrogen-bond donors (Lipinski definition) is 1. The minimum absolute atomic E-state index is 0.154. The lowest BCUT2D eigenvalue weighted by molar-refractivity contribution is -0.131. The van der Waals surface area contributed by atoms with Crippen LogP contribution < -0.4 is 0 Å². The van der Waals surface area contributed by atoms with E-state index >= 15 is 0 Å². The average molecular weight is 184 g/mol. The summed E-state index contributed by atoms with van der Waals surface area (Å²) < 4.78 is 20.4. The maximum atomic E-state index is 10.8. The van der Waals surface area contributed by atoms with Gasteiger partial charge in [-0.3, -0.25) is 4.79 Å². The molecule has 0 saturated heterocycles. The number of aliphatic hydroxyl groups is 1. The molecule has 0 aromatic rings. The van der Waals surface area contributed by atoms with Gasteiger partial charge < -0.3 is 5.11 Å². The summed E-state index contributed by atoms with van der Waals surface area (Å²) in [5.74, 6) is -0.738. The number of carbonyl (C=O) groups is 1. The van der Waals surface area contributed by atoms with Gasteiger partial charge in [-0.2, -0.15) is 0 Å². The number of Topliss-reactive ketones (excluding diaryl/α,β-unsaturated/α-hetero) is 1. The van der Waals surface area contributed by atoms with Crippen molar-refractivity contribution < 1.29 is 14.0 Å². The quantitative estimate of drug-likeness (QED) is 0.642. The molecule has 0 bridgehead atoms. The maximum Gasteiger partial charge on any atom is 0.174 e. The smallest absolute Gasteiger partial charge is 0.174 e. The number of hydrogen-bond acceptors (Lipinski definition) is 2. The number of alkyl halides is 1. The Balaban J connectivity index is 4.59. The van der Waals surface area contributed by atoms with Gasteiger partial charge in [0.2, 0.25) is 0 Å². The Morgan fingerprint density at radius 2 is 2.62 bits per heavy atom. The van der Waals surface area contributed by atoms with Crippen molar-refractivity contribution in [1.29, 1.82) is 0 Å². The molecule has 0 aliphatic carbocycles. The first-order valence-electron chi connectivity index (χ1n) is 3.55. The second-order valence-corrected chi connectivity index (χ2v) is 2.19. The lowest BCUT2D eigenvalue weighted by Crippen LogP contribution is -2.31. The Kier molecular flexibility index (Phi) is 1.30. The minimum atomic E-state index is -2.65. The molecule has 0 fully saturated rings. The highest BCUT2D eigenvalue weighted by Crippen LogP contribution is 2.03. The van der Waals surface area contributed by atoms with Gasteiger partial charge in [0.05, 0.1) is 5.33 Å². The Morgan fingerprint density at radius 1 is 2.12 bits per heavy atom. The second kappa shape index (κ2) is 2.60. The fourth-order valence-corrected chi connectivity index (χ4v) is 0.676. The molecule has 3 heteroatoms. The molecule has 1 atom stereocenters. The SMILES string of the molecule is [2H]C([2H])([2H])C(C)(O)C(=O)CBr. The van der Waals surface area contributed by atoms with Gasteiger partial charge in [-0.05, 0) is 13.8 Å². The summed E-state index contributed by atoms with van der Waals surface area (Å²) in [6, 6.07) is 0.